The van der Waals surface area contributed by atoms with Crippen molar-refractivity contribution in [2.45, 2.75) is 13.3 Å². The summed E-state index contributed by atoms with van der Waals surface area (Å²) in [5, 5.41) is 0. The highest BCUT2D eigenvalue weighted by molar-refractivity contribution is 9.07. The number of rotatable bonds is 2. The van der Waals surface area contributed by atoms with Gasteiger partial charge in [0.05, 0.1) is 22.6 Å². The van der Waals surface area contributed by atoms with Crippen LogP contribution in [0.2, 0.25) is 0 Å². The van der Waals surface area contributed by atoms with Gasteiger partial charge in [-0.05, 0) is 6.92 Å². The van der Waals surface area contributed by atoms with E-state index in [-0.39, 0.29) is 18.1 Å². The predicted molar refractivity (Wildman–Crippen MR) is 37.0 cm³/mol. The highest BCUT2D eigenvalue weighted by atomic mass is 79.9. The quantitative estimate of drug-likeness (QED) is 0.480. The molecule has 0 atom stereocenters. The van der Waals surface area contributed by atoms with Gasteiger partial charge in [-0.25, -0.2) is 0 Å². The van der Waals surface area contributed by atoms with E-state index in [1.165, 1.54) is 10.8 Å². The fraction of sp³-hybridized carbons (Fsp3) is 0.600. The van der Waals surface area contributed by atoms with Crippen LogP contribution < -0.4 is 0 Å². The van der Waals surface area contributed by atoms with Crippen molar-refractivity contribution in [2.24, 2.45) is 0 Å². The lowest BCUT2D eigenvalue weighted by molar-refractivity contribution is -0.129. The molecule has 0 spiro atoms. The van der Waals surface area contributed by atoms with Crippen LogP contribution in [0.1, 0.15) is 13.3 Å². The molecule has 0 aliphatic carbocycles. The first-order valence-corrected chi connectivity index (χ1v) is 3.16. The van der Waals surface area contributed by atoms with Gasteiger partial charge in [-0.3, -0.25) is 13.5 Å². The number of hydrogen-bond donors (Lipinski definition) is 0. The van der Waals surface area contributed by atoms with Gasteiger partial charge in [0.2, 0.25) is 5.91 Å². The molecule has 0 aromatic heterocycles. The van der Waals surface area contributed by atoms with E-state index in [4.69, 9.17) is 0 Å². The van der Waals surface area contributed by atoms with Crippen LogP contribution in [-0.4, -0.2) is 22.7 Å². The largest absolute Gasteiger partial charge is 0.299 e. The highest BCUT2D eigenvalue weighted by Crippen LogP contribution is 1.96. The van der Waals surface area contributed by atoms with Crippen LogP contribution in [0.25, 0.3) is 0 Å². The molecule has 9 heavy (non-hydrogen) atoms. The van der Waals surface area contributed by atoms with Crippen LogP contribution in [0, 0.1) is 0 Å². The van der Waals surface area contributed by atoms with Crippen LogP contribution in [-0.2, 0) is 9.59 Å². The van der Waals surface area contributed by atoms with Crippen molar-refractivity contribution in [1.82, 2.24) is 3.93 Å². The number of nitrogens with zero attached hydrogens (tertiary/aromatic N) is 1. The molecule has 0 saturated carbocycles. The molecule has 0 heterocycles. The summed E-state index contributed by atoms with van der Waals surface area (Å²) in [5.41, 5.74) is 0. The second-order valence-electron chi connectivity index (χ2n) is 1.75. The van der Waals surface area contributed by atoms with Gasteiger partial charge < -0.3 is 0 Å². The maximum atomic E-state index is 10.6. The van der Waals surface area contributed by atoms with Gasteiger partial charge in [-0.1, -0.05) is 0 Å². The van der Waals surface area contributed by atoms with Gasteiger partial charge in [0.15, 0.2) is 0 Å². The second-order valence-corrected chi connectivity index (χ2v) is 2.81. The molecule has 0 rings (SSSR count). The Hall–Kier alpha value is -0.380. The summed E-state index contributed by atoms with van der Waals surface area (Å²) in [6, 6.07) is 0. The molecule has 1 amide bonds. The van der Waals surface area contributed by atoms with Crippen LogP contribution in [0.4, 0.5) is 0 Å². The van der Waals surface area contributed by atoms with E-state index in [1.54, 1.807) is 7.05 Å². The molecule has 0 bridgehead atoms. The lowest BCUT2D eigenvalue weighted by Gasteiger charge is -2.03. The zero-order valence-electron chi connectivity index (χ0n) is 5.35. The highest BCUT2D eigenvalue weighted by Gasteiger charge is 2.06. The first-order chi connectivity index (χ1) is 4.04. The third-order valence-electron chi connectivity index (χ3n) is 0.744. The summed E-state index contributed by atoms with van der Waals surface area (Å²) in [6.07, 6.45) is -0.0260. The third-order valence-corrected chi connectivity index (χ3v) is 1.14. The Kier molecular flexibility index (Phi) is 3.46. The van der Waals surface area contributed by atoms with Gasteiger partial charge in [-0.15, -0.1) is 0 Å². The van der Waals surface area contributed by atoms with Gasteiger partial charge in [-0.2, -0.15) is 0 Å². The molecule has 0 aliphatic heterocycles. The molecule has 52 valence electrons. The van der Waals surface area contributed by atoms with Crippen LogP contribution in [0.15, 0.2) is 0 Å². The Morgan fingerprint density at radius 2 is 2.00 bits per heavy atom. The molecule has 0 fully saturated rings. The van der Waals surface area contributed by atoms with E-state index in [2.05, 4.69) is 16.1 Å². The normalized spacial score (nSPS) is 8.78. The average Bonchev–Trinajstić information content (AvgIpc) is 1.63. The van der Waals surface area contributed by atoms with Crippen molar-refractivity contribution in [3.8, 4) is 0 Å². The molecule has 0 aliphatic rings. The van der Waals surface area contributed by atoms with Crippen molar-refractivity contribution in [3.63, 3.8) is 0 Å². The van der Waals surface area contributed by atoms with Crippen molar-refractivity contribution in [1.29, 1.82) is 0 Å². The van der Waals surface area contributed by atoms with Crippen molar-refractivity contribution in [2.75, 3.05) is 7.05 Å². The molecule has 0 radical (unpaired) electrons. The minimum Gasteiger partial charge on any atom is -0.299 e. The van der Waals surface area contributed by atoms with Gasteiger partial charge in [0.25, 0.3) is 0 Å². The average molecular weight is 194 g/mol. The maximum Gasteiger partial charge on any atom is 0.239 e. The van der Waals surface area contributed by atoms with E-state index in [0.717, 1.165) is 0 Å². The van der Waals surface area contributed by atoms with E-state index < -0.39 is 0 Å². The lowest BCUT2D eigenvalue weighted by Crippen LogP contribution is -2.17. The summed E-state index contributed by atoms with van der Waals surface area (Å²) < 4.78 is 1.22. The fourth-order valence-electron chi connectivity index (χ4n) is 0.322. The molecule has 4 heteroatoms. The van der Waals surface area contributed by atoms with E-state index >= 15 is 0 Å². The second kappa shape index (κ2) is 3.61. The van der Waals surface area contributed by atoms with E-state index in [9.17, 15) is 9.59 Å². The topological polar surface area (TPSA) is 37.4 Å². The number of carbonyl (C=O) groups is 2. The molecular formula is C5H8BrNO2. The van der Waals surface area contributed by atoms with Crippen molar-refractivity contribution >= 4 is 27.8 Å². The number of Topliss-reactive ketones (excluding diaryl/α,β-unsaturated/α-hetero) is 1. The Balaban J connectivity index is 3.64. The predicted octanol–water partition coefficient (Wildman–Crippen LogP) is 0.734. The number of hydrogen-bond acceptors (Lipinski definition) is 2. The zero-order chi connectivity index (χ0) is 7.44. The molecule has 0 aromatic rings. The smallest absolute Gasteiger partial charge is 0.239 e. The summed E-state index contributed by atoms with van der Waals surface area (Å²) in [7, 11) is 1.55. The van der Waals surface area contributed by atoms with Crippen LogP contribution in [0.3, 0.4) is 0 Å². The molecule has 0 N–H and O–H groups in total. The third kappa shape index (κ3) is 4.14. The fourth-order valence-corrected chi connectivity index (χ4v) is 0.447. The van der Waals surface area contributed by atoms with Crippen LogP contribution in [0.5, 0.6) is 0 Å². The molecule has 3 nitrogen and oxygen atoms in total. The van der Waals surface area contributed by atoms with Gasteiger partial charge >= 0.3 is 0 Å². The number of amides is 1. The number of ketones is 1. The summed E-state index contributed by atoms with van der Waals surface area (Å²) in [4.78, 5) is 20.9. The van der Waals surface area contributed by atoms with Crippen molar-refractivity contribution < 1.29 is 9.59 Å². The Bertz CT molecular complexity index is 133. The first-order valence-electron chi connectivity index (χ1n) is 2.46. The minimum absolute atomic E-state index is 0.0260. The molecule has 0 unspecified atom stereocenters. The van der Waals surface area contributed by atoms with E-state index in [0.29, 0.717) is 0 Å². The standard InChI is InChI=1S/C5H8BrNO2/c1-4(8)3-5(9)7(2)6/h3H2,1-2H3. The zero-order valence-corrected chi connectivity index (χ0v) is 6.93. The Labute approximate surface area is 62.4 Å². The lowest BCUT2D eigenvalue weighted by atomic mass is 10.3. The Morgan fingerprint density at radius 1 is 1.56 bits per heavy atom. The van der Waals surface area contributed by atoms with Crippen LogP contribution >= 0.6 is 16.1 Å². The molecule has 0 saturated heterocycles. The molecule has 0 aromatic carbocycles. The van der Waals surface area contributed by atoms with E-state index in [1.807, 2.05) is 0 Å². The summed E-state index contributed by atoms with van der Waals surface area (Å²) in [5.74, 6) is -0.339. The summed E-state index contributed by atoms with van der Waals surface area (Å²) >= 11 is 2.90. The number of halogens is 1. The van der Waals surface area contributed by atoms with Gasteiger partial charge in [0.1, 0.15) is 5.78 Å². The van der Waals surface area contributed by atoms with Crippen molar-refractivity contribution in [3.05, 3.63) is 0 Å². The maximum absolute atomic E-state index is 10.6. The number of carbonyl (C=O) groups excluding carboxylic acids is 2. The SMILES string of the molecule is CC(=O)CC(=O)N(C)Br. The first kappa shape index (κ1) is 8.62. The minimum atomic E-state index is -0.220. The van der Waals surface area contributed by atoms with Gasteiger partial charge in [0, 0.05) is 7.05 Å². The monoisotopic (exact) mass is 193 g/mol. The molecular weight excluding hydrogens is 186 g/mol. The Morgan fingerprint density at radius 3 is 2.11 bits per heavy atom. The summed E-state index contributed by atoms with van der Waals surface area (Å²) in [6.45, 7) is 1.38.